The lowest BCUT2D eigenvalue weighted by Crippen LogP contribution is -2.21. The van der Waals surface area contributed by atoms with Crippen LogP contribution >= 0.6 is 0 Å². The van der Waals surface area contributed by atoms with Gasteiger partial charge in [-0.05, 0) is 17.5 Å². The monoisotopic (exact) mass is 364 g/mol. The van der Waals surface area contributed by atoms with Gasteiger partial charge in [0.05, 0.1) is 0 Å². The smallest absolute Gasteiger partial charge is 0.361 e. The number of aromatic nitrogens is 1. The third kappa shape index (κ3) is 6.22. The van der Waals surface area contributed by atoms with Gasteiger partial charge in [0.1, 0.15) is 0 Å². The first-order valence-electron chi connectivity index (χ1n) is 6.09. The van der Waals surface area contributed by atoms with Gasteiger partial charge in [-0.25, -0.2) is 0 Å². The normalized spacial score (nSPS) is 13.7. The number of hydrogen-bond donors (Lipinski definition) is 3. The van der Waals surface area contributed by atoms with E-state index in [2.05, 4.69) is 23.2 Å². The van der Waals surface area contributed by atoms with Gasteiger partial charge in [0.2, 0.25) is 0 Å². The molecular formula is C13H11F3N2O5S. The van der Waals surface area contributed by atoms with Gasteiger partial charge >= 0.3 is 15.6 Å². The Kier molecular flexibility index (Phi) is 6.26. The molecule has 11 heteroatoms. The fourth-order valence-electron chi connectivity index (χ4n) is 1.35. The van der Waals surface area contributed by atoms with Crippen molar-refractivity contribution >= 4 is 32.8 Å². The van der Waals surface area contributed by atoms with Gasteiger partial charge in [-0.3, -0.25) is 19.5 Å². The molecule has 0 spiro atoms. The van der Waals surface area contributed by atoms with Crippen LogP contribution in [0.2, 0.25) is 0 Å². The fourth-order valence-corrected chi connectivity index (χ4v) is 1.35. The highest BCUT2D eigenvalue weighted by Crippen LogP contribution is 2.20. The fraction of sp³-hybridized carbons (Fsp3) is 0.0769. The summed E-state index contributed by atoms with van der Waals surface area (Å²) in [6.07, 6.45) is 4.34. The molecule has 0 saturated heterocycles. The van der Waals surface area contributed by atoms with Crippen molar-refractivity contribution in [1.82, 2.24) is 10.3 Å². The Hall–Kier alpha value is -2.66. The molecule has 3 N–H and O–H groups in total. The lowest BCUT2D eigenvalue weighted by atomic mass is 10.3. The third-order valence-corrected chi connectivity index (χ3v) is 2.97. The molecule has 0 aliphatic carbocycles. The first kappa shape index (κ1) is 19.4. The molecule has 0 fully saturated rings. The van der Waals surface area contributed by atoms with Crippen LogP contribution in [0.25, 0.3) is 10.9 Å². The molecule has 0 bridgehead atoms. The van der Waals surface area contributed by atoms with Crippen molar-refractivity contribution in [3.63, 3.8) is 0 Å². The molecule has 3 rings (SSSR count). The summed E-state index contributed by atoms with van der Waals surface area (Å²) >= 11 is 0. The third-order valence-electron chi connectivity index (χ3n) is 2.39. The van der Waals surface area contributed by atoms with Crippen LogP contribution in [0.5, 0.6) is 0 Å². The zero-order valence-corrected chi connectivity index (χ0v) is 12.6. The van der Waals surface area contributed by atoms with Crippen LogP contribution in [-0.2, 0) is 19.7 Å². The summed E-state index contributed by atoms with van der Waals surface area (Å²) in [6, 6.07) is 10.3. The Bertz CT molecular complexity index is 810. The molecule has 2 amide bonds. The summed E-state index contributed by atoms with van der Waals surface area (Å²) in [6.45, 7) is 0. The van der Waals surface area contributed by atoms with Crippen molar-refractivity contribution in [3.05, 3.63) is 48.7 Å². The van der Waals surface area contributed by atoms with E-state index in [1.54, 1.807) is 0 Å². The molecule has 2 aromatic rings. The largest absolute Gasteiger partial charge is 0.522 e. The maximum Gasteiger partial charge on any atom is 0.522 e. The van der Waals surface area contributed by atoms with E-state index in [-0.39, 0.29) is 11.8 Å². The van der Waals surface area contributed by atoms with E-state index in [1.165, 1.54) is 23.1 Å². The number of alkyl halides is 3. The number of carbonyl (C=O) groups excluding carboxylic acids is 2. The average Bonchev–Trinajstić information content (AvgIpc) is 3.06. The maximum absolute atomic E-state index is 10.7. The van der Waals surface area contributed by atoms with Crippen molar-refractivity contribution in [3.8, 4) is 0 Å². The van der Waals surface area contributed by atoms with Crippen LogP contribution in [0, 0.1) is 0 Å². The Morgan fingerprint density at radius 1 is 0.958 bits per heavy atom. The van der Waals surface area contributed by atoms with Gasteiger partial charge in [-0.2, -0.15) is 21.6 Å². The standard InChI is InChI=1S/C8H7N.C4H3NO2.CHF3O3S/c1-2-4-8-7(3-1)5-6-9-8;6-3-1-2-4(7)5-3;2-1(3,4)8(5,6)7/h1-6,9H;1-2H,(H,5,6,7);(H,5,6,7). The van der Waals surface area contributed by atoms with Crippen LogP contribution in [-0.4, -0.2) is 35.3 Å². The van der Waals surface area contributed by atoms with Crippen LogP contribution in [0.15, 0.2) is 48.7 Å². The molecule has 130 valence electrons. The van der Waals surface area contributed by atoms with Crippen LogP contribution < -0.4 is 5.32 Å². The molecule has 1 aliphatic heterocycles. The maximum atomic E-state index is 10.7. The molecule has 7 nitrogen and oxygen atoms in total. The van der Waals surface area contributed by atoms with Gasteiger partial charge in [0.25, 0.3) is 11.8 Å². The van der Waals surface area contributed by atoms with E-state index in [4.69, 9.17) is 13.0 Å². The lowest BCUT2D eigenvalue weighted by Gasteiger charge is -1.97. The summed E-state index contributed by atoms with van der Waals surface area (Å²) in [5, 5.41) is 3.30. The van der Waals surface area contributed by atoms with Gasteiger partial charge in [0.15, 0.2) is 0 Å². The minimum absolute atomic E-state index is 0.329. The molecule has 0 unspecified atom stereocenters. The van der Waals surface area contributed by atoms with E-state index < -0.39 is 15.6 Å². The van der Waals surface area contributed by atoms with Gasteiger partial charge in [0, 0.05) is 23.9 Å². The number of fused-ring (bicyclic) bond motifs is 1. The SMILES string of the molecule is O=C1C=CC(=O)N1.O=S(=O)(O)C(F)(F)F.c1ccc2[nH]ccc2c1. The number of aromatic amines is 1. The second-order valence-electron chi connectivity index (χ2n) is 4.17. The number of nitrogens with one attached hydrogen (secondary N) is 2. The number of rotatable bonds is 0. The summed E-state index contributed by atoms with van der Waals surface area (Å²) in [5.41, 5.74) is -4.33. The molecule has 1 aromatic carbocycles. The summed E-state index contributed by atoms with van der Waals surface area (Å²) < 4.78 is 57.5. The van der Waals surface area contributed by atoms with Crippen molar-refractivity contribution in [2.45, 2.75) is 5.51 Å². The topological polar surface area (TPSA) is 116 Å². The van der Waals surface area contributed by atoms with E-state index >= 15 is 0 Å². The van der Waals surface area contributed by atoms with E-state index in [9.17, 15) is 22.8 Å². The van der Waals surface area contributed by atoms with E-state index in [0.717, 1.165) is 0 Å². The number of imide groups is 1. The number of H-pyrrole nitrogens is 1. The van der Waals surface area contributed by atoms with Gasteiger partial charge in [-0.15, -0.1) is 0 Å². The second kappa shape index (κ2) is 7.75. The highest BCUT2D eigenvalue weighted by Gasteiger charge is 2.44. The number of amides is 2. The molecule has 0 saturated carbocycles. The van der Waals surface area contributed by atoms with Crippen molar-refractivity contribution in [2.75, 3.05) is 0 Å². The molecule has 1 aliphatic rings. The molecule has 2 heterocycles. The minimum Gasteiger partial charge on any atom is -0.361 e. The van der Waals surface area contributed by atoms with Crippen molar-refractivity contribution in [1.29, 1.82) is 0 Å². The lowest BCUT2D eigenvalue weighted by molar-refractivity contribution is -0.123. The second-order valence-corrected chi connectivity index (χ2v) is 5.59. The highest BCUT2D eigenvalue weighted by atomic mass is 32.2. The molecule has 0 radical (unpaired) electrons. The van der Waals surface area contributed by atoms with Crippen LogP contribution in [0.1, 0.15) is 0 Å². The van der Waals surface area contributed by atoms with Gasteiger partial charge in [-0.1, -0.05) is 18.2 Å². The Morgan fingerprint density at radius 2 is 1.46 bits per heavy atom. The molecule has 24 heavy (non-hydrogen) atoms. The van der Waals surface area contributed by atoms with Crippen LogP contribution in [0.3, 0.4) is 0 Å². The van der Waals surface area contributed by atoms with Crippen LogP contribution in [0.4, 0.5) is 13.2 Å². The molecular weight excluding hydrogens is 353 g/mol. The predicted octanol–water partition coefficient (Wildman–Crippen LogP) is 1.76. The van der Waals surface area contributed by atoms with Crippen molar-refractivity contribution < 1.29 is 35.7 Å². The Balaban J connectivity index is 0.000000182. The first-order valence-corrected chi connectivity index (χ1v) is 7.53. The summed E-state index contributed by atoms with van der Waals surface area (Å²) in [4.78, 5) is 23.2. The minimum atomic E-state index is -5.84. The summed E-state index contributed by atoms with van der Waals surface area (Å²) in [5.74, 6) is -0.657. The number of hydrogen-bond acceptors (Lipinski definition) is 4. The zero-order valence-electron chi connectivity index (χ0n) is 11.7. The number of carbonyl (C=O) groups is 2. The summed E-state index contributed by atoms with van der Waals surface area (Å²) in [7, 11) is -5.84. The van der Waals surface area contributed by atoms with E-state index in [1.807, 2.05) is 23.6 Å². The Morgan fingerprint density at radius 3 is 1.83 bits per heavy atom. The van der Waals surface area contributed by atoms with Gasteiger partial charge < -0.3 is 4.98 Å². The number of para-hydroxylation sites is 1. The molecule has 1 aromatic heterocycles. The van der Waals surface area contributed by atoms with Crippen molar-refractivity contribution in [2.24, 2.45) is 0 Å². The first-order chi connectivity index (χ1) is 11.0. The van der Waals surface area contributed by atoms with E-state index in [0.29, 0.717) is 0 Å². The Labute approximate surface area is 133 Å². The zero-order chi connectivity index (χ0) is 18.4. The molecule has 0 atom stereocenters. The number of halogens is 3. The highest BCUT2D eigenvalue weighted by molar-refractivity contribution is 7.86. The quantitative estimate of drug-likeness (QED) is 0.374. The predicted molar refractivity (Wildman–Crippen MR) is 78.2 cm³/mol. The average molecular weight is 364 g/mol. The number of benzene rings is 1.